The van der Waals surface area contributed by atoms with Gasteiger partial charge in [0.1, 0.15) is 11.5 Å². The number of rotatable bonds is 5. The smallest absolute Gasteiger partial charge is 0.231 e. The fourth-order valence-corrected chi connectivity index (χ4v) is 2.12. The average Bonchev–Trinajstić information content (AvgIpc) is 3.14. The highest BCUT2D eigenvalue weighted by Crippen LogP contribution is 2.37. The average molecular weight is 275 g/mol. The molecule has 1 aliphatic heterocycles. The maximum atomic E-state index is 6.13. The van der Waals surface area contributed by atoms with Crippen molar-refractivity contribution in [3.8, 4) is 17.2 Å². The Kier molecular flexibility index (Phi) is 3.52. The molecule has 106 valence electrons. The molecule has 0 bridgehead atoms. The molecule has 0 amide bonds. The van der Waals surface area contributed by atoms with Gasteiger partial charge in [0, 0.05) is 12.1 Å². The second kappa shape index (κ2) is 5.46. The first-order valence-electron chi connectivity index (χ1n) is 6.63. The van der Waals surface area contributed by atoms with Crippen LogP contribution < -0.4 is 19.9 Å². The van der Waals surface area contributed by atoms with Crippen molar-refractivity contribution in [2.75, 3.05) is 6.79 Å². The molecule has 2 aromatic rings. The third-order valence-electron chi connectivity index (χ3n) is 3.29. The zero-order valence-electron chi connectivity index (χ0n) is 11.2. The number of benzene rings is 1. The van der Waals surface area contributed by atoms with Crippen LogP contribution in [0.5, 0.6) is 17.2 Å². The summed E-state index contributed by atoms with van der Waals surface area (Å²) in [6, 6.07) is 9.02. The quantitative estimate of drug-likeness (QED) is 0.908. The number of hydrogen-bond acceptors (Lipinski definition) is 5. The zero-order valence-corrected chi connectivity index (χ0v) is 11.2. The van der Waals surface area contributed by atoms with Gasteiger partial charge < -0.3 is 24.4 Å². The van der Waals surface area contributed by atoms with Crippen molar-refractivity contribution in [2.45, 2.75) is 25.5 Å². The summed E-state index contributed by atoms with van der Waals surface area (Å²) in [6.45, 7) is 2.26. The number of fused-ring (bicyclic) bond motifs is 1. The van der Waals surface area contributed by atoms with Crippen molar-refractivity contribution < 1.29 is 18.6 Å². The maximum absolute atomic E-state index is 6.13. The summed E-state index contributed by atoms with van der Waals surface area (Å²) >= 11 is 0. The molecule has 0 saturated carbocycles. The predicted molar refractivity (Wildman–Crippen MR) is 72.9 cm³/mol. The first kappa shape index (κ1) is 12.9. The zero-order chi connectivity index (χ0) is 13.9. The van der Waals surface area contributed by atoms with E-state index in [0.717, 1.165) is 17.9 Å². The molecular formula is C15H17NO4. The van der Waals surface area contributed by atoms with E-state index in [2.05, 4.69) is 0 Å². The Balaban J connectivity index is 1.83. The van der Waals surface area contributed by atoms with Crippen LogP contribution in [0.25, 0.3) is 0 Å². The highest BCUT2D eigenvalue weighted by Gasteiger charge is 2.24. The molecule has 1 aromatic heterocycles. The molecule has 20 heavy (non-hydrogen) atoms. The second-order valence-electron chi connectivity index (χ2n) is 4.64. The van der Waals surface area contributed by atoms with Crippen LogP contribution in [0.15, 0.2) is 41.0 Å². The fraction of sp³-hybridized carbons (Fsp3) is 0.333. The largest absolute Gasteiger partial charge is 0.481 e. The van der Waals surface area contributed by atoms with Crippen molar-refractivity contribution in [1.29, 1.82) is 0 Å². The molecule has 5 nitrogen and oxygen atoms in total. The Bertz CT molecular complexity index is 567. The van der Waals surface area contributed by atoms with Gasteiger partial charge >= 0.3 is 0 Å². The summed E-state index contributed by atoms with van der Waals surface area (Å²) in [4.78, 5) is 0. The molecule has 0 spiro atoms. The molecule has 2 heterocycles. The first-order chi connectivity index (χ1) is 9.78. The van der Waals surface area contributed by atoms with Gasteiger partial charge in [-0.2, -0.15) is 0 Å². The van der Waals surface area contributed by atoms with Gasteiger partial charge in [0.15, 0.2) is 17.6 Å². The predicted octanol–water partition coefficient (Wildman–Crippen LogP) is 2.87. The van der Waals surface area contributed by atoms with Crippen LogP contribution in [0, 0.1) is 0 Å². The van der Waals surface area contributed by atoms with Gasteiger partial charge in [0.2, 0.25) is 6.79 Å². The topological polar surface area (TPSA) is 66.9 Å². The van der Waals surface area contributed by atoms with Crippen LogP contribution in [0.1, 0.15) is 25.2 Å². The van der Waals surface area contributed by atoms with E-state index in [-0.39, 0.29) is 18.9 Å². The van der Waals surface area contributed by atoms with E-state index >= 15 is 0 Å². The third kappa shape index (κ3) is 2.44. The fourth-order valence-electron chi connectivity index (χ4n) is 2.12. The Hall–Kier alpha value is -2.14. The Morgan fingerprint density at radius 2 is 2.10 bits per heavy atom. The van der Waals surface area contributed by atoms with E-state index in [4.69, 9.17) is 24.4 Å². The van der Waals surface area contributed by atoms with Crippen molar-refractivity contribution in [3.05, 3.63) is 42.4 Å². The summed E-state index contributed by atoms with van der Waals surface area (Å²) in [5, 5.41) is 0. The minimum Gasteiger partial charge on any atom is -0.481 e. The summed E-state index contributed by atoms with van der Waals surface area (Å²) in [6.07, 6.45) is 2.08. The number of hydrogen-bond donors (Lipinski definition) is 1. The lowest BCUT2D eigenvalue weighted by molar-refractivity contribution is 0.144. The molecule has 1 aromatic carbocycles. The van der Waals surface area contributed by atoms with E-state index in [0.29, 0.717) is 11.5 Å². The van der Waals surface area contributed by atoms with Gasteiger partial charge in [0.25, 0.3) is 0 Å². The number of furan rings is 1. The lowest BCUT2D eigenvalue weighted by Crippen LogP contribution is -2.31. The summed E-state index contributed by atoms with van der Waals surface area (Å²) in [5.74, 6) is 2.81. The number of nitrogens with two attached hydrogens (primary N) is 1. The van der Waals surface area contributed by atoms with Gasteiger partial charge in [-0.05, 0) is 30.7 Å². The van der Waals surface area contributed by atoms with Crippen LogP contribution in [-0.2, 0) is 0 Å². The van der Waals surface area contributed by atoms with Crippen LogP contribution in [0.2, 0.25) is 0 Å². The standard InChI is InChI=1S/C15H17NO4/c1-2-11(16)15(13-4-3-7-17-13)20-10-5-6-12-14(8-10)19-9-18-12/h3-8,11,15H,2,9,16H2,1H3. The molecule has 0 saturated heterocycles. The van der Waals surface area contributed by atoms with Gasteiger partial charge in [-0.15, -0.1) is 0 Å². The van der Waals surface area contributed by atoms with Gasteiger partial charge in [-0.1, -0.05) is 6.92 Å². The van der Waals surface area contributed by atoms with Gasteiger partial charge in [0.05, 0.1) is 6.26 Å². The summed E-state index contributed by atoms with van der Waals surface area (Å²) in [5.41, 5.74) is 6.13. The third-order valence-corrected chi connectivity index (χ3v) is 3.29. The van der Waals surface area contributed by atoms with Crippen molar-refractivity contribution in [1.82, 2.24) is 0 Å². The second-order valence-corrected chi connectivity index (χ2v) is 4.64. The molecule has 5 heteroatoms. The first-order valence-corrected chi connectivity index (χ1v) is 6.63. The molecule has 0 fully saturated rings. The van der Waals surface area contributed by atoms with Crippen molar-refractivity contribution in [2.24, 2.45) is 5.73 Å². The molecule has 0 radical (unpaired) electrons. The molecule has 0 aliphatic carbocycles. The monoisotopic (exact) mass is 275 g/mol. The van der Waals surface area contributed by atoms with Crippen LogP contribution >= 0.6 is 0 Å². The Morgan fingerprint density at radius 3 is 2.85 bits per heavy atom. The van der Waals surface area contributed by atoms with E-state index in [1.807, 2.05) is 31.2 Å². The van der Waals surface area contributed by atoms with Crippen LogP contribution in [0.3, 0.4) is 0 Å². The molecule has 3 rings (SSSR count). The summed E-state index contributed by atoms with van der Waals surface area (Å²) in [7, 11) is 0. The molecule has 1 aliphatic rings. The van der Waals surface area contributed by atoms with Crippen LogP contribution in [-0.4, -0.2) is 12.8 Å². The van der Waals surface area contributed by atoms with E-state index < -0.39 is 0 Å². The lowest BCUT2D eigenvalue weighted by atomic mass is 10.1. The van der Waals surface area contributed by atoms with E-state index in [1.165, 1.54) is 0 Å². The molecule has 2 N–H and O–H groups in total. The van der Waals surface area contributed by atoms with Crippen molar-refractivity contribution >= 4 is 0 Å². The van der Waals surface area contributed by atoms with Crippen molar-refractivity contribution in [3.63, 3.8) is 0 Å². The number of ether oxygens (including phenoxy) is 3. The minimum atomic E-state index is -0.324. The Morgan fingerprint density at radius 1 is 1.25 bits per heavy atom. The van der Waals surface area contributed by atoms with Crippen LogP contribution in [0.4, 0.5) is 0 Å². The van der Waals surface area contributed by atoms with E-state index in [1.54, 1.807) is 12.3 Å². The SMILES string of the molecule is CCC(N)C(Oc1ccc2c(c1)OCO2)c1ccco1. The summed E-state index contributed by atoms with van der Waals surface area (Å²) < 4.78 is 22.0. The van der Waals surface area contributed by atoms with E-state index in [9.17, 15) is 0 Å². The highest BCUT2D eigenvalue weighted by molar-refractivity contribution is 5.47. The molecule has 2 unspecified atom stereocenters. The lowest BCUT2D eigenvalue weighted by Gasteiger charge is -2.22. The Labute approximate surface area is 117 Å². The maximum Gasteiger partial charge on any atom is 0.231 e. The minimum absolute atomic E-state index is 0.147. The molecular weight excluding hydrogens is 258 g/mol. The van der Waals surface area contributed by atoms with Gasteiger partial charge in [-0.3, -0.25) is 0 Å². The van der Waals surface area contributed by atoms with Gasteiger partial charge in [-0.25, -0.2) is 0 Å². The molecule has 2 atom stereocenters. The normalized spacial score (nSPS) is 15.9. The highest BCUT2D eigenvalue weighted by atomic mass is 16.7.